The Bertz CT molecular complexity index is 916. The van der Waals surface area contributed by atoms with Gasteiger partial charge in [0, 0.05) is 30.9 Å². The van der Waals surface area contributed by atoms with Crippen molar-refractivity contribution >= 4 is 27.3 Å². The summed E-state index contributed by atoms with van der Waals surface area (Å²) in [5.41, 5.74) is 1.54. The van der Waals surface area contributed by atoms with Crippen molar-refractivity contribution in [2.75, 3.05) is 13.1 Å². The highest BCUT2D eigenvalue weighted by atomic mass is 32.2. The van der Waals surface area contributed by atoms with Crippen molar-refractivity contribution in [3.63, 3.8) is 0 Å². The molecular formula is C20H27N3O3S2. The van der Waals surface area contributed by atoms with Gasteiger partial charge in [-0.15, -0.1) is 11.3 Å². The minimum Gasteiger partial charge on any atom is -0.352 e. The Hall–Kier alpha value is -1.77. The minimum absolute atomic E-state index is 0.120. The fourth-order valence-electron chi connectivity index (χ4n) is 3.17. The molecule has 0 atom stereocenters. The molecule has 0 radical (unpaired) electrons. The molecule has 8 heteroatoms. The number of nitrogens with zero attached hydrogens (tertiary/aromatic N) is 2. The number of amides is 1. The van der Waals surface area contributed by atoms with Crippen LogP contribution in [0.3, 0.4) is 0 Å². The van der Waals surface area contributed by atoms with E-state index in [1.807, 2.05) is 11.4 Å². The largest absolute Gasteiger partial charge is 0.352 e. The summed E-state index contributed by atoms with van der Waals surface area (Å²) in [5, 5.41) is 5.81. The Morgan fingerprint density at radius 1 is 1.25 bits per heavy atom. The number of nitrogens with one attached hydrogen (secondary N) is 1. The summed E-state index contributed by atoms with van der Waals surface area (Å²) in [7, 11) is -3.47. The highest BCUT2D eigenvalue weighted by Crippen LogP contribution is 2.22. The molecule has 1 aliphatic heterocycles. The van der Waals surface area contributed by atoms with E-state index in [-0.39, 0.29) is 12.3 Å². The second-order valence-corrected chi connectivity index (χ2v) is 10.2. The highest BCUT2D eigenvalue weighted by Gasteiger charge is 2.25. The fraction of sp³-hybridized carbons (Fsp3) is 0.500. The topological polar surface area (TPSA) is 79.4 Å². The zero-order valence-corrected chi connectivity index (χ0v) is 18.0. The van der Waals surface area contributed by atoms with Gasteiger partial charge in [-0.1, -0.05) is 32.4 Å². The number of carbonyl (C=O) groups is 1. The number of benzene rings is 1. The number of hydrogen-bond acceptors (Lipinski definition) is 5. The molecule has 1 amide bonds. The molecule has 6 nitrogen and oxygen atoms in total. The van der Waals surface area contributed by atoms with Gasteiger partial charge in [0.15, 0.2) is 0 Å². The number of carbonyl (C=O) groups excluding carboxylic acids is 1. The third kappa shape index (κ3) is 5.18. The van der Waals surface area contributed by atoms with E-state index in [9.17, 15) is 13.2 Å². The quantitative estimate of drug-likeness (QED) is 0.744. The fourth-order valence-corrected chi connectivity index (χ4v) is 5.59. The van der Waals surface area contributed by atoms with Gasteiger partial charge < -0.3 is 5.32 Å². The van der Waals surface area contributed by atoms with Gasteiger partial charge in [-0.3, -0.25) is 4.79 Å². The SMILES string of the molecule is CC(C)c1nc(CC(=O)NCc2cccc(S(=O)(=O)N3CCCCC3)c2)cs1. The van der Waals surface area contributed by atoms with E-state index in [2.05, 4.69) is 24.1 Å². The van der Waals surface area contributed by atoms with Crippen molar-refractivity contribution in [3.05, 3.63) is 45.9 Å². The summed E-state index contributed by atoms with van der Waals surface area (Å²) in [5.74, 6) is 0.233. The third-order valence-electron chi connectivity index (χ3n) is 4.75. The van der Waals surface area contributed by atoms with Crippen LogP contribution in [-0.2, 0) is 27.8 Å². The first kappa shape index (κ1) is 21.0. The zero-order chi connectivity index (χ0) is 20.1. The second-order valence-electron chi connectivity index (χ2n) is 7.40. The Kier molecular flexibility index (Phi) is 6.85. The number of rotatable bonds is 7. The van der Waals surface area contributed by atoms with Gasteiger partial charge in [0.2, 0.25) is 15.9 Å². The van der Waals surface area contributed by atoms with Crippen LogP contribution in [0.2, 0.25) is 0 Å². The normalized spacial score (nSPS) is 15.7. The Morgan fingerprint density at radius 3 is 2.68 bits per heavy atom. The average molecular weight is 422 g/mol. The zero-order valence-electron chi connectivity index (χ0n) is 16.3. The summed E-state index contributed by atoms with van der Waals surface area (Å²) in [4.78, 5) is 17.0. The van der Waals surface area contributed by atoms with Gasteiger partial charge in [-0.2, -0.15) is 4.31 Å². The maximum absolute atomic E-state index is 12.8. The highest BCUT2D eigenvalue weighted by molar-refractivity contribution is 7.89. The van der Waals surface area contributed by atoms with E-state index in [0.29, 0.717) is 30.4 Å². The first-order valence-electron chi connectivity index (χ1n) is 9.66. The molecule has 0 unspecified atom stereocenters. The average Bonchev–Trinajstić information content (AvgIpc) is 3.16. The molecular weight excluding hydrogens is 394 g/mol. The van der Waals surface area contributed by atoms with E-state index in [4.69, 9.17) is 0 Å². The standard InChI is InChI=1S/C20H27N3O3S2/c1-15(2)20-22-17(14-27-20)12-19(24)21-13-16-7-6-8-18(11-16)28(25,26)23-9-4-3-5-10-23/h6-8,11,14-15H,3-5,9-10,12-13H2,1-2H3,(H,21,24). The van der Waals surface area contributed by atoms with Crippen LogP contribution in [0.25, 0.3) is 0 Å². The van der Waals surface area contributed by atoms with E-state index < -0.39 is 10.0 Å². The molecule has 1 aromatic heterocycles. The van der Waals surface area contributed by atoms with Crippen molar-refractivity contribution in [3.8, 4) is 0 Å². The van der Waals surface area contributed by atoms with Gasteiger partial charge in [-0.05, 0) is 30.5 Å². The maximum atomic E-state index is 12.8. The minimum atomic E-state index is -3.47. The molecule has 1 aliphatic rings. The van der Waals surface area contributed by atoms with Crippen LogP contribution in [0.15, 0.2) is 34.5 Å². The van der Waals surface area contributed by atoms with Crippen LogP contribution in [-0.4, -0.2) is 36.7 Å². The molecule has 0 saturated carbocycles. The first-order chi connectivity index (χ1) is 13.4. The second kappa shape index (κ2) is 9.15. The van der Waals surface area contributed by atoms with Gasteiger partial charge in [0.25, 0.3) is 0 Å². The van der Waals surface area contributed by atoms with Crippen LogP contribution in [0.4, 0.5) is 0 Å². The Morgan fingerprint density at radius 2 is 2.00 bits per heavy atom. The summed E-state index contributed by atoms with van der Waals surface area (Å²) in [6.45, 7) is 5.61. The van der Waals surface area contributed by atoms with Crippen LogP contribution >= 0.6 is 11.3 Å². The Labute approximate surface area is 171 Å². The van der Waals surface area contributed by atoms with E-state index >= 15 is 0 Å². The molecule has 1 aromatic carbocycles. The van der Waals surface area contributed by atoms with Crippen LogP contribution in [0.1, 0.15) is 55.3 Å². The molecule has 2 heterocycles. The monoisotopic (exact) mass is 421 g/mol. The van der Waals surface area contributed by atoms with Gasteiger partial charge in [0.05, 0.1) is 22.0 Å². The van der Waals surface area contributed by atoms with Crippen molar-refractivity contribution in [1.29, 1.82) is 0 Å². The van der Waals surface area contributed by atoms with E-state index in [1.165, 1.54) is 0 Å². The summed E-state index contributed by atoms with van der Waals surface area (Å²) in [6.07, 6.45) is 3.12. The lowest BCUT2D eigenvalue weighted by Crippen LogP contribution is -2.35. The molecule has 1 fully saturated rings. The smallest absolute Gasteiger partial charge is 0.243 e. The third-order valence-corrected chi connectivity index (χ3v) is 7.83. The van der Waals surface area contributed by atoms with E-state index in [0.717, 1.165) is 35.5 Å². The van der Waals surface area contributed by atoms with Crippen molar-refractivity contribution in [2.24, 2.45) is 0 Å². The van der Waals surface area contributed by atoms with Gasteiger partial charge >= 0.3 is 0 Å². The van der Waals surface area contributed by atoms with Crippen molar-refractivity contribution in [1.82, 2.24) is 14.6 Å². The number of sulfonamides is 1. The van der Waals surface area contributed by atoms with E-state index in [1.54, 1.807) is 33.8 Å². The Balaban J connectivity index is 1.60. The lowest BCUT2D eigenvalue weighted by atomic mass is 10.2. The number of aromatic nitrogens is 1. The molecule has 1 N–H and O–H groups in total. The molecule has 152 valence electrons. The number of thiazole rings is 1. The lowest BCUT2D eigenvalue weighted by molar-refractivity contribution is -0.120. The van der Waals surface area contributed by atoms with Gasteiger partial charge in [-0.25, -0.2) is 13.4 Å². The lowest BCUT2D eigenvalue weighted by Gasteiger charge is -2.26. The predicted molar refractivity (Wildman–Crippen MR) is 111 cm³/mol. The predicted octanol–water partition coefficient (Wildman–Crippen LogP) is 3.30. The summed E-state index contributed by atoms with van der Waals surface area (Å²) >= 11 is 1.57. The summed E-state index contributed by atoms with van der Waals surface area (Å²) < 4.78 is 27.2. The molecule has 2 aromatic rings. The number of piperidine rings is 1. The van der Waals surface area contributed by atoms with Crippen LogP contribution < -0.4 is 5.32 Å². The van der Waals surface area contributed by atoms with Crippen LogP contribution in [0, 0.1) is 0 Å². The molecule has 0 aliphatic carbocycles. The molecule has 0 bridgehead atoms. The first-order valence-corrected chi connectivity index (χ1v) is 12.0. The van der Waals surface area contributed by atoms with Gasteiger partial charge in [0.1, 0.15) is 0 Å². The summed E-state index contributed by atoms with van der Waals surface area (Å²) in [6, 6.07) is 6.84. The van der Waals surface area contributed by atoms with Crippen molar-refractivity contribution in [2.45, 2.75) is 56.9 Å². The molecule has 0 spiro atoms. The molecule has 1 saturated heterocycles. The van der Waals surface area contributed by atoms with Crippen molar-refractivity contribution < 1.29 is 13.2 Å². The molecule has 3 rings (SSSR count). The number of hydrogen-bond donors (Lipinski definition) is 1. The van der Waals surface area contributed by atoms with Crippen LogP contribution in [0.5, 0.6) is 0 Å². The maximum Gasteiger partial charge on any atom is 0.243 e. The molecule has 28 heavy (non-hydrogen) atoms.